The summed E-state index contributed by atoms with van der Waals surface area (Å²) in [6, 6.07) is 7.40. The molecule has 0 bridgehead atoms. The first kappa shape index (κ1) is 15.6. The minimum Gasteiger partial charge on any atom is -0.383 e. The number of piperazine rings is 1. The van der Waals surface area contributed by atoms with Gasteiger partial charge in [-0.15, -0.1) is 0 Å². The van der Waals surface area contributed by atoms with Crippen molar-refractivity contribution in [3.05, 3.63) is 28.8 Å². The Balaban J connectivity index is 1.78. The summed E-state index contributed by atoms with van der Waals surface area (Å²) in [4.78, 5) is 15.4. The summed E-state index contributed by atoms with van der Waals surface area (Å²) in [6.07, 6.45) is 0. The van der Waals surface area contributed by atoms with E-state index in [0.29, 0.717) is 10.6 Å². The molecule has 0 saturated carbocycles. The summed E-state index contributed by atoms with van der Waals surface area (Å²) in [5, 5.41) is 12.9. The maximum Gasteiger partial charge on any atom is 0.219 e. The second-order valence-electron chi connectivity index (χ2n) is 5.08. The predicted molar refractivity (Wildman–Crippen MR) is 83.4 cm³/mol. The fourth-order valence-corrected chi connectivity index (χ4v) is 2.57. The quantitative estimate of drug-likeness (QED) is 0.921. The van der Waals surface area contributed by atoms with Crippen molar-refractivity contribution in [2.24, 2.45) is 0 Å². The molecule has 1 aromatic rings. The van der Waals surface area contributed by atoms with Crippen LogP contribution in [0.4, 0.5) is 5.69 Å². The monoisotopic (exact) mass is 306 g/mol. The molecule has 112 valence electrons. The van der Waals surface area contributed by atoms with Gasteiger partial charge in [-0.1, -0.05) is 11.6 Å². The van der Waals surface area contributed by atoms with Gasteiger partial charge in [-0.05, 0) is 18.2 Å². The van der Waals surface area contributed by atoms with E-state index in [0.717, 1.165) is 45.0 Å². The van der Waals surface area contributed by atoms with Crippen LogP contribution in [0, 0.1) is 11.3 Å². The fraction of sp³-hybridized carbons (Fsp3) is 0.467. The molecular weight excluding hydrogens is 288 g/mol. The average Bonchev–Trinajstić information content (AvgIpc) is 2.49. The van der Waals surface area contributed by atoms with Gasteiger partial charge in [0.05, 0.1) is 11.3 Å². The lowest BCUT2D eigenvalue weighted by molar-refractivity contribution is -0.130. The van der Waals surface area contributed by atoms with Crippen LogP contribution in [-0.2, 0) is 4.79 Å². The Morgan fingerprint density at radius 3 is 2.71 bits per heavy atom. The number of anilines is 1. The van der Waals surface area contributed by atoms with Gasteiger partial charge >= 0.3 is 0 Å². The van der Waals surface area contributed by atoms with E-state index in [4.69, 9.17) is 16.9 Å². The van der Waals surface area contributed by atoms with Gasteiger partial charge in [-0.25, -0.2) is 0 Å². The Morgan fingerprint density at radius 1 is 1.38 bits per heavy atom. The van der Waals surface area contributed by atoms with Gasteiger partial charge in [0, 0.05) is 51.2 Å². The van der Waals surface area contributed by atoms with Crippen molar-refractivity contribution in [1.82, 2.24) is 9.80 Å². The number of hydrogen-bond donors (Lipinski definition) is 1. The van der Waals surface area contributed by atoms with Gasteiger partial charge in [0.25, 0.3) is 0 Å². The highest BCUT2D eigenvalue weighted by molar-refractivity contribution is 6.30. The number of carbonyl (C=O) groups is 1. The Morgan fingerprint density at radius 2 is 2.10 bits per heavy atom. The zero-order valence-corrected chi connectivity index (χ0v) is 12.9. The molecule has 0 unspecified atom stereocenters. The molecule has 0 atom stereocenters. The highest BCUT2D eigenvalue weighted by Crippen LogP contribution is 2.19. The summed E-state index contributed by atoms with van der Waals surface area (Å²) in [6.45, 7) is 6.64. The third-order valence-corrected chi connectivity index (χ3v) is 3.90. The van der Waals surface area contributed by atoms with Crippen LogP contribution >= 0.6 is 11.6 Å². The fourth-order valence-electron chi connectivity index (χ4n) is 2.40. The number of amides is 1. The van der Waals surface area contributed by atoms with E-state index < -0.39 is 0 Å². The number of nitriles is 1. The number of rotatable bonds is 4. The number of benzene rings is 1. The molecule has 1 aliphatic rings. The summed E-state index contributed by atoms with van der Waals surface area (Å²) < 4.78 is 0. The van der Waals surface area contributed by atoms with Gasteiger partial charge in [0.15, 0.2) is 0 Å². The molecule has 21 heavy (non-hydrogen) atoms. The lowest BCUT2D eigenvalue weighted by Gasteiger charge is -2.34. The molecule has 2 rings (SSSR count). The van der Waals surface area contributed by atoms with Crippen molar-refractivity contribution in [2.45, 2.75) is 6.92 Å². The lowest BCUT2D eigenvalue weighted by Crippen LogP contribution is -2.49. The maximum absolute atomic E-state index is 11.3. The van der Waals surface area contributed by atoms with E-state index in [2.05, 4.69) is 16.3 Å². The highest BCUT2D eigenvalue weighted by Gasteiger charge is 2.17. The first-order valence-corrected chi connectivity index (χ1v) is 7.39. The average molecular weight is 307 g/mol. The van der Waals surface area contributed by atoms with Crippen molar-refractivity contribution < 1.29 is 4.79 Å². The van der Waals surface area contributed by atoms with E-state index in [1.807, 2.05) is 11.0 Å². The number of carbonyl (C=O) groups excluding carboxylic acids is 1. The van der Waals surface area contributed by atoms with Gasteiger partial charge in [0.1, 0.15) is 6.07 Å². The molecule has 1 fully saturated rings. The highest BCUT2D eigenvalue weighted by atomic mass is 35.5. The van der Waals surface area contributed by atoms with Crippen molar-refractivity contribution in [3.8, 4) is 6.07 Å². The molecule has 0 radical (unpaired) electrons. The van der Waals surface area contributed by atoms with Crippen LogP contribution in [0.25, 0.3) is 0 Å². The van der Waals surface area contributed by atoms with Crippen LogP contribution in [0.2, 0.25) is 5.02 Å². The minimum absolute atomic E-state index is 0.146. The SMILES string of the molecule is CC(=O)N1CCN(CCNc2ccc(Cl)cc2C#N)CC1. The Labute approximate surface area is 130 Å². The second kappa shape index (κ2) is 7.30. The summed E-state index contributed by atoms with van der Waals surface area (Å²) in [5.41, 5.74) is 1.37. The van der Waals surface area contributed by atoms with Crippen molar-refractivity contribution in [1.29, 1.82) is 5.26 Å². The zero-order chi connectivity index (χ0) is 15.2. The first-order valence-electron chi connectivity index (χ1n) is 7.01. The Hall–Kier alpha value is -1.77. The first-order chi connectivity index (χ1) is 10.1. The van der Waals surface area contributed by atoms with E-state index in [1.165, 1.54) is 0 Å². The largest absolute Gasteiger partial charge is 0.383 e. The summed E-state index contributed by atoms with van der Waals surface area (Å²) >= 11 is 5.87. The molecule has 6 heteroatoms. The van der Waals surface area contributed by atoms with Crippen LogP contribution in [-0.4, -0.2) is 55.0 Å². The molecule has 5 nitrogen and oxygen atoms in total. The van der Waals surface area contributed by atoms with Gasteiger partial charge in [0.2, 0.25) is 5.91 Å². The van der Waals surface area contributed by atoms with Crippen molar-refractivity contribution in [3.63, 3.8) is 0 Å². The maximum atomic E-state index is 11.3. The van der Waals surface area contributed by atoms with Crippen molar-refractivity contribution >= 4 is 23.2 Å². The standard InChI is InChI=1S/C15H19ClN4O/c1-12(21)20-8-6-19(7-9-20)5-4-18-15-3-2-14(16)10-13(15)11-17/h2-3,10,18H,4-9H2,1H3. The third-order valence-electron chi connectivity index (χ3n) is 3.66. The summed E-state index contributed by atoms with van der Waals surface area (Å²) in [5.74, 6) is 0.146. The van der Waals surface area contributed by atoms with Crippen LogP contribution in [0.1, 0.15) is 12.5 Å². The van der Waals surface area contributed by atoms with Crippen LogP contribution < -0.4 is 5.32 Å². The molecule has 0 aliphatic carbocycles. The number of halogens is 1. The molecule has 0 spiro atoms. The molecule has 1 saturated heterocycles. The minimum atomic E-state index is 0.146. The topological polar surface area (TPSA) is 59.4 Å². The molecular formula is C15H19ClN4O. The molecule has 1 amide bonds. The molecule has 1 aliphatic heterocycles. The van der Waals surface area contributed by atoms with Crippen LogP contribution in [0.15, 0.2) is 18.2 Å². The lowest BCUT2D eigenvalue weighted by atomic mass is 10.2. The smallest absolute Gasteiger partial charge is 0.219 e. The molecule has 1 N–H and O–H groups in total. The van der Waals surface area contributed by atoms with Crippen molar-refractivity contribution in [2.75, 3.05) is 44.6 Å². The van der Waals surface area contributed by atoms with E-state index >= 15 is 0 Å². The molecule has 0 aromatic heterocycles. The third kappa shape index (κ3) is 4.35. The normalized spacial score (nSPS) is 15.6. The molecule has 1 aromatic carbocycles. The van der Waals surface area contributed by atoms with E-state index in [1.54, 1.807) is 19.1 Å². The molecule has 1 heterocycles. The van der Waals surface area contributed by atoms with Crippen LogP contribution in [0.3, 0.4) is 0 Å². The zero-order valence-electron chi connectivity index (χ0n) is 12.1. The van der Waals surface area contributed by atoms with Gasteiger partial charge in [-0.3, -0.25) is 9.69 Å². The Kier molecular flexibility index (Phi) is 5.43. The summed E-state index contributed by atoms with van der Waals surface area (Å²) in [7, 11) is 0. The van der Waals surface area contributed by atoms with E-state index in [9.17, 15) is 4.79 Å². The van der Waals surface area contributed by atoms with Crippen LogP contribution in [0.5, 0.6) is 0 Å². The number of nitrogens with zero attached hydrogens (tertiary/aromatic N) is 3. The second-order valence-corrected chi connectivity index (χ2v) is 5.51. The van der Waals surface area contributed by atoms with Gasteiger partial charge < -0.3 is 10.2 Å². The number of hydrogen-bond acceptors (Lipinski definition) is 4. The van der Waals surface area contributed by atoms with Gasteiger partial charge in [-0.2, -0.15) is 5.26 Å². The number of nitrogens with one attached hydrogen (secondary N) is 1. The van der Waals surface area contributed by atoms with E-state index in [-0.39, 0.29) is 5.91 Å². The predicted octanol–water partition coefficient (Wildman–Crippen LogP) is 1.79. The Bertz CT molecular complexity index is 547.